The zero-order valence-electron chi connectivity index (χ0n) is 14.1. The van der Waals surface area contributed by atoms with Gasteiger partial charge in [0.25, 0.3) is 5.91 Å². The van der Waals surface area contributed by atoms with Crippen molar-refractivity contribution in [1.82, 2.24) is 9.80 Å². The number of ether oxygens (including phenoxy) is 1. The molecule has 24 heavy (non-hydrogen) atoms. The molecule has 3 saturated heterocycles. The van der Waals surface area contributed by atoms with Gasteiger partial charge < -0.3 is 14.5 Å². The molecule has 3 atom stereocenters. The standard InChI is InChI=1S/C16H24ClN3O3S/c1-16(2)12(15(22)23-9-17)20-13(21)11(14(20)24-16)18-10-19-7-5-3-4-6-8-19/h10-12,14H,3-9H2,1-2H3/t11-,12+,14-/m1/s1. The normalized spacial score (nSPS) is 32.5. The highest BCUT2D eigenvalue weighted by atomic mass is 35.5. The van der Waals surface area contributed by atoms with Crippen LogP contribution in [-0.4, -0.2) is 69.4 Å². The van der Waals surface area contributed by atoms with Crippen LogP contribution in [0, 0.1) is 0 Å². The molecule has 1 amide bonds. The van der Waals surface area contributed by atoms with Gasteiger partial charge in [-0.1, -0.05) is 24.4 Å². The first-order chi connectivity index (χ1) is 11.5. The molecule has 0 aliphatic carbocycles. The van der Waals surface area contributed by atoms with Crippen LogP contribution in [0.3, 0.4) is 0 Å². The molecule has 0 radical (unpaired) electrons. The van der Waals surface area contributed by atoms with Crippen LogP contribution >= 0.6 is 23.4 Å². The van der Waals surface area contributed by atoms with Crippen LogP contribution in [0.25, 0.3) is 0 Å². The summed E-state index contributed by atoms with van der Waals surface area (Å²) in [5, 5.41) is -0.0939. The van der Waals surface area contributed by atoms with Crippen LogP contribution < -0.4 is 0 Å². The minimum Gasteiger partial charge on any atom is -0.448 e. The van der Waals surface area contributed by atoms with Crippen molar-refractivity contribution in [3.05, 3.63) is 0 Å². The molecule has 3 rings (SSSR count). The maximum absolute atomic E-state index is 12.5. The Morgan fingerprint density at radius 3 is 2.67 bits per heavy atom. The minimum atomic E-state index is -0.594. The summed E-state index contributed by atoms with van der Waals surface area (Å²) in [6, 6.07) is -1.19. The van der Waals surface area contributed by atoms with Gasteiger partial charge in [0.05, 0.1) is 6.34 Å². The largest absolute Gasteiger partial charge is 0.448 e. The second-order valence-electron chi connectivity index (χ2n) is 6.99. The first-order valence-corrected chi connectivity index (χ1v) is 9.87. The number of halogens is 1. The molecule has 3 aliphatic rings. The van der Waals surface area contributed by atoms with Crippen LogP contribution in [0.15, 0.2) is 4.99 Å². The molecule has 134 valence electrons. The van der Waals surface area contributed by atoms with E-state index >= 15 is 0 Å². The SMILES string of the molecule is CC1(C)S[C@@H]2[C@H](N=CN3CCCCCC3)C(=O)N2[C@H]1C(=O)OCCl. The summed E-state index contributed by atoms with van der Waals surface area (Å²) in [5.41, 5.74) is 0. The number of amides is 1. The molecule has 6 nitrogen and oxygen atoms in total. The number of hydrogen-bond donors (Lipinski definition) is 0. The molecule has 0 N–H and O–H groups in total. The molecule has 0 aromatic rings. The number of rotatable bonds is 4. The van der Waals surface area contributed by atoms with Gasteiger partial charge in [0.1, 0.15) is 11.4 Å². The van der Waals surface area contributed by atoms with E-state index in [1.807, 2.05) is 20.2 Å². The molecular weight excluding hydrogens is 350 g/mol. The second-order valence-corrected chi connectivity index (χ2v) is 8.98. The van der Waals surface area contributed by atoms with Crippen LogP contribution in [0.5, 0.6) is 0 Å². The quantitative estimate of drug-likeness (QED) is 0.248. The topological polar surface area (TPSA) is 62.2 Å². The van der Waals surface area contributed by atoms with Crippen molar-refractivity contribution in [2.45, 2.75) is 61.7 Å². The highest BCUT2D eigenvalue weighted by Gasteiger charge is 2.64. The van der Waals surface area contributed by atoms with Crippen molar-refractivity contribution in [3.63, 3.8) is 0 Å². The van der Waals surface area contributed by atoms with Gasteiger partial charge in [0, 0.05) is 17.8 Å². The summed E-state index contributed by atoms with van der Waals surface area (Å²) in [4.78, 5) is 33.1. The van der Waals surface area contributed by atoms with Gasteiger partial charge in [-0.2, -0.15) is 0 Å². The van der Waals surface area contributed by atoms with Crippen molar-refractivity contribution in [1.29, 1.82) is 0 Å². The van der Waals surface area contributed by atoms with Gasteiger partial charge in [-0.15, -0.1) is 11.8 Å². The van der Waals surface area contributed by atoms with Crippen molar-refractivity contribution >= 4 is 41.6 Å². The zero-order chi connectivity index (χ0) is 17.3. The van der Waals surface area contributed by atoms with Gasteiger partial charge in [-0.25, -0.2) is 4.79 Å². The monoisotopic (exact) mass is 373 g/mol. The Labute approximate surface area is 151 Å². The van der Waals surface area contributed by atoms with E-state index in [4.69, 9.17) is 16.3 Å². The van der Waals surface area contributed by atoms with Crippen molar-refractivity contribution < 1.29 is 14.3 Å². The summed E-state index contributed by atoms with van der Waals surface area (Å²) < 4.78 is 4.53. The van der Waals surface area contributed by atoms with E-state index in [2.05, 4.69) is 9.89 Å². The summed E-state index contributed by atoms with van der Waals surface area (Å²) in [5.74, 6) is -0.533. The lowest BCUT2D eigenvalue weighted by molar-refractivity contribution is -0.161. The molecule has 0 saturated carbocycles. The van der Waals surface area contributed by atoms with Gasteiger partial charge >= 0.3 is 5.97 Å². The van der Waals surface area contributed by atoms with Crippen molar-refractivity contribution in [2.75, 3.05) is 19.2 Å². The highest BCUT2D eigenvalue weighted by molar-refractivity contribution is 8.01. The average molecular weight is 374 g/mol. The van der Waals surface area contributed by atoms with E-state index in [9.17, 15) is 9.59 Å². The van der Waals surface area contributed by atoms with Crippen LogP contribution in [0.4, 0.5) is 0 Å². The van der Waals surface area contributed by atoms with E-state index in [0.717, 1.165) is 13.1 Å². The van der Waals surface area contributed by atoms with E-state index < -0.39 is 22.8 Å². The van der Waals surface area contributed by atoms with Gasteiger partial charge in [-0.3, -0.25) is 9.79 Å². The molecule has 8 heteroatoms. The Balaban J connectivity index is 1.67. The fourth-order valence-electron chi connectivity index (χ4n) is 3.62. The van der Waals surface area contributed by atoms with Crippen LogP contribution in [0.2, 0.25) is 0 Å². The predicted molar refractivity (Wildman–Crippen MR) is 95.2 cm³/mol. The summed E-state index contributed by atoms with van der Waals surface area (Å²) >= 11 is 7.11. The molecule has 3 heterocycles. The predicted octanol–water partition coefficient (Wildman–Crippen LogP) is 2.06. The number of β-lactam (4-membered cyclic amide) rings is 1. The van der Waals surface area contributed by atoms with Gasteiger partial charge in [0.15, 0.2) is 12.1 Å². The molecule has 0 bridgehead atoms. The lowest BCUT2D eigenvalue weighted by Gasteiger charge is -2.41. The molecule has 0 unspecified atom stereocenters. The minimum absolute atomic E-state index is 0.0939. The molecule has 0 aromatic carbocycles. The first kappa shape index (κ1) is 17.9. The lowest BCUT2D eigenvalue weighted by atomic mass is 9.96. The van der Waals surface area contributed by atoms with Crippen molar-refractivity contribution in [2.24, 2.45) is 4.99 Å². The average Bonchev–Trinajstić information content (AvgIpc) is 2.69. The number of fused-ring (bicyclic) bond motifs is 1. The number of carbonyl (C=O) groups is 2. The molecule has 0 spiro atoms. The number of thioether (sulfide) groups is 1. The molecule has 3 fully saturated rings. The Morgan fingerprint density at radius 2 is 2.04 bits per heavy atom. The van der Waals surface area contributed by atoms with Gasteiger partial charge in [-0.05, 0) is 26.7 Å². The number of carbonyl (C=O) groups excluding carboxylic acids is 2. The Bertz CT molecular complexity index is 535. The second kappa shape index (κ2) is 7.12. The fraction of sp³-hybridized carbons (Fsp3) is 0.812. The third kappa shape index (κ3) is 3.25. The highest BCUT2D eigenvalue weighted by Crippen LogP contribution is 2.51. The Kier molecular flexibility index (Phi) is 5.30. The number of hydrogen-bond acceptors (Lipinski definition) is 5. The number of aliphatic imine (C=N–C) groups is 1. The number of likely N-dealkylation sites (tertiary alicyclic amines) is 1. The lowest BCUT2D eigenvalue weighted by Crippen LogP contribution is -2.65. The third-order valence-electron chi connectivity index (χ3n) is 4.86. The summed E-state index contributed by atoms with van der Waals surface area (Å²) in [6.07, 6.45) is 6.71. The smallest absolute Gasteiger partial charge is 0.331 e. The molecule has 3 aliphatic heterocycles. The Morgan fingerprint density at radius 1 is 1.38 bits per heavy atom. The molecular formula is C16H24ClN3O3S. The van der Waals surface area contributed by atoms with E-state index in [0.29, 0.717) is 0 Å². The molecule has 0 aromatic heterocycles. The van der Waals surface area contributed by atoms with E-state index in [1.165, 1.54) is 25.7 Å². The van der Waals surface area contributed by atoms with Crippen LogP contribution in [0.1, 0.15) is 39.5 Å². The number of esters is 1. The van der Waals surface area contributed by atoms with Crippen molar-refractivity contribution in [3.8, 4) is 0 Å². The maximum atomic E-state index is 12.5. The van der Waals surface area contributed by atoms with Gasteiger partial charge in [0.2, 0.25) is 0 Å². The van der Waals surface area contributed by atoms with E-state index in [-0.39, 0.29) is 17.3 Å². The fourth-order valence-corrected chi connectivity index (χ4v) is 5.34. The summed E-state index contributed by atoms with van der Waals surface area (Å²) in [7, 11) is 0. The third-order valence-corrected chi connectivity index (χ3v) is 6.53. The maximum Gasteiger partial charge on any atom is 0.331 e. The Hall–Kier alpha value is -0.950. The van der Waals surface area contributed by atoms with E-state index in [1.54, 1.807) is 16.7 Å². The number of alkyl halides is 1. The summed E-state index contributed by atoms with van der Waals surface area (Å²) in [6.45, 7) is 5.92. The first-order valence-electron chi connectivity index (χ1n) is 8.45. The zero-order valence-corrected chi connectivity index (χ0v) is 15.7. The number of nitrogens with zero attached hydrogens (tertiary/aromatic N) is 3. The van der Waals surface area contributed by atoms with Crippen LogP contribution in [-0.2, 0) is 14.3 Å².